The van der Waals surface area contributed by atoms with Gasteiger partial charge in [0.1, 0.15) is 6.04 Å². The Labute approximate surface area is 281 Å². The minimum Gasteiger partial charge on any atom is -0.480 e. The molecule has 254 valence electrons. The molecule has 0 bridgehead atoms. The summed E-state index contributed by atoms with van der Waals surface area (Å²) in [5.74, 6) is -1.30. The molecule has 2 aromatic carbocycles. The number of carbonyl (C=O) groups is 3. The maximum Gasteiger partial charge on any atom is 0.326 e. The van der Waals surface area contributed by atoms with E-state index >= 15 is 0 Å². The Balaban J connectivity index is 1.15. The highest BCUT2D eigenvalue weighted by atomic mass is 16.4. The lowest BCUT2D eigenvalue weighted by molar-refractivity contribution is -0.139. The van der Waals surface area contributed by atoms with Crippen LogP contribution in [0.5, 0.6) is 0 Å². The van der Waals surface area contributed by atoms with Gasteiger partial charge in [-0.25, -0.2) is 14.8 Å². The number of rotatable bonds is 13. The van der Waals surface area contributed by atoms with Crippen LogP contribution in [0.25, 0.3) is 22.6 Å². The largest absolute Gasteiger partial charge is 0.480 e. The summed E-state index contributed by atoms with van der Waals surface area (Å²) in [6.07, 6.45) is 2.77. The maximum absolute atomic E-state index is 13.2. The number of hydrogen-bond donors (Lipinski definition) is 5. The van der Waals surface area contributed by atoms with E-state index < -0.39 is 17.9 Å². The average molecular weight is 667 g/mol. The van der Waals surface area contributed by atoms with Crippen LogP contribution >= 0.6 is 0 Å². The SMILES string of the molecule is CN(Cc1cnc2nc(N)nc(N)c2n1)c1ccc(C(=O)N[C@@H](CCCCC(=O)c2ccc(C(C)(C)C)cc2-c2nn[nH]n2)C(=O)O)cc1. The van der Waals surface area contributed by atoms with Gasteiger partial charge in [0, 0.05) is 35.8 Å². The zero-order valence-electron chi connectivity index (χ0n) is 27.6. The molecule has 1 amide bonds. The predicted octanol–water partition coefficient (Wildman–Crippen LogP) is 3.32. The molecule has 0 radical (unpaired) electrons. The first-order valence-electron chi connectivity index (χ1n) is 15.6. The van der Waals surface area contributed by atoms with Gasteiger partial charge < -0.3 is 26.8 Å². The molecule has 16 heteroatoms. The number of H-pyrrole nitrogens is 1. The van der Waals surface area contributed by atoms with E-state index in [1.54, 1.807) is 36.5 Å². The van der Waals surface area contributed by atoms with Gasteiger partial charge >= 0.3 is 5.97 Å². The van der Waals surface area contributed by atoms with Crippen molar-refractivity contribution in [3.63, 3.8) is 0 Å². The monoisotopic (exact) mass is 666 g/mol. The predicted molar refractivity (Wildman–Crippen MR) is 183 cm³/mol. The van der Waals surface area contributed by atoms with E-state index in [-0.39, 0.29) is 35.8 Å². The van der Waals surface area contributed by atoms with Gasteiger partial charge in [-0.1, -0.05) is 39.3 Å². The van der Waals surface area contributed by atoms with E-state index in [0.717, 1.165) is 11.3 Å². The molecule has 49 heavy (non-hydrogen) atoms. The fraction of sp³-hybridized carbons (Fsp3) is 0.333. The average Bonchev–Trinajstić information content (AvgIpc) is 3.60. The Bertz CT molecular complexity index is 1970. The second-order valence-electron chi connectivity index (χ2n) is 12.7. The minimum atomic E-state index is -1.15. The van der Waals surface area contributed by atoms with Gasteiger partial charge in [0.15, 0.2) is 22.8 Å². The number of unbranched alkanes of at least 4 members (excludes halogenated alkanes) is 1. The van der Waals surface area contributed by atoms with Crippen molar-refractivity contribution in [2.75, 3.05) is 23.4 Å². The summed E-state index contributed by atoms with van der Waals surface area (Å²) in [7, 11) is 1.85. The Morgan fingerprint density at radius 1 is 1.02 bits per heavy atom. The molecule has 0 aliphatic carbocycles. The summed E-state index contributed by atoms with van der Waals surface area (Å²) >= 11 is 0. The molecule has 0 saturated carbocycles. The number of aromatic nitrogens is 8. The number of carboxylic acid groups (broad SMARTS) is 1. The number of hydrogen-bond acceptors (Lipinski definition) is 13. The van der Waals surface area contributed by atoms with E-state index in [9.17, 15) is 19.5 Å². The molecule has 0 fully saturated rings. The lowest BCUT2D eigenvalue weighted by atomic mass is 9.84. The second-order valence-corrected chi connectivity index (χ2v) is 12.7. The van der Waals surface area contributed by atoms with Crippen LogP contribution < -0.4 is 21.7 Å². The number of nitrogen functional groups attached to an aromatic ring is 2. The summed E-state index contributed by atoms with van der Waals surface area (Å²) < 4.78 is 0. The molecule has 3 heterocycles. The molecular formula is C33H38N12O4. The van der Waals surface area contributed by atoms with Crippen LogP contribution in [0.3, 0.4) is 0 Å². The number of carbonyl (C=O) groups excluding carboxylic acids is 2. The van der Waals surface area contributed by atoms with Gasteiger partial charge in [-0.05, 0) is 59.4 Å². The van der Waals surface area contributed by atoms with E-state index in [1.807, 2.05) is 24.1 Å². The quantitative estimate of drug-likeness (QED) is 0.0894. The number of nitrogens with zero attached hydrogens (tertiary/aromatic N) is 8. The number of ketones is 1. The first kappa shape index (κ1) is 34.3. The van der Waals surface area contributed by atoms with Crippen LogP contribution in [0.4, 0.5) is 17.5 Å². The standard InChI is InChI=1S/C33H38N12O4/c1-33(2,3)19-11-14-22(23(15-19)28-41-43-44-42-28)25(46)8-6-5-7-24(31(48)49)38-30(47)18-9-12-21(13-10-18)45(4)17-20-16-36-29-26(37-20)27(34)39-32(35)40-29/h9-16,24H,5-8,17H2,1-4H3,(H,38,47)(H,48,49)(H,41,42,43,44)(H4,34,35,36,39,40)/t24-/m0/s1. The fourth-order valence-electron chi connectivity index (χ4n) is 5.24. The van der Waals surface area contributed by atoms with Gasteiger partial charge in [-0.3, -0.25) is 9.59 Å². The van der Waals surface area contributed by atoms with Crippen LogP contribution in [0.1, 0.15) is 78.4 Å². The lowest BCUT2D eigenvalue weighted by Crippen LogP contribution is -2.40. The number of tetrazole rings is 1. The van der Waals surface area contributed by atoms with Crippen molar-refractivity contribution < 1.29 is 19.5 Å². The summed E-state index contributed by atoms with van der Waals surface area (Å²) in [6.45, 7) is 6.60. The van der Waals surface area contributed by atoms with Crippen molar-refractivity contribution in [1.29, 1.82) is 0 Å². The minimum absolute atomic E-state index is 0.0186. The van der Waals surface area contributed by atoms with E-state index in [2.05, 4.69) is 66.6 Å². The summed E-state index contributed by atoms with van der Waals surface area (Å²) in [6, 6.07) is 11.2. The Morgan fingerprint density at radius 3 is 2.45 bits per heavy atom. The molecule has 1 atom stereocenters. The van der Waals surface area contributed by atoms with Crippen molar-refractivity contribution in [3.8, 4) is 11.4 Å². The lowest BCUT2D eigenvalue weighted by Gasteiger charge is -2.20. The third kappa shape index (κ3) is 8.27. The number of aliphatic carboxylic acids is 1. The first-order chi connectivity index (χ1) is 23.3. The Hall–Kier alpha value is -6.06. The number of amides is 1. The Morgan fingerprint density at radius 2 is 1.78 bits per heavy atom. The van der Waals surface area contributed by atoms with Crippen LogP contribution in [-0.2, 0) is 16.8 Å². The molecule has 3 aromatic heterocycles. The molecule has 5 aromatic rings. The maximum atomic E-state index is 13.2. The number of fused-ring (bicyclic) bond motifs is 1. The van der Waals surface area contributed by atoms with Crippen LogP contribution in [0, 0.1) is 0 Å². The molecular weight excluding hydrogens is 628 g/mol. The van der Waals surface area contributed by atoms with E-state index in [0.29, 0.717) is 58.8 Å². The van der Waals surface area contributed by atoms with E-state index in [1.165, 1.54) is 0 Å². The van der Waals surface area contributed by atoms with Crippen LogP contribution in [0.2, 0.25) is 0 Å². The van der Waals surface area contributed by atoms with Crippen molar-refractivity contribution in [2.45, 2.75) is 64.5 Å². The van der Waals surface area contributed by atoms with Crippen LogP contribution in [-0.4, -0.2) is 76.4 Å². The first-order valence-corrected chi connectivity index (χ1v) is 15.6. The van der Waals surface area contributed by atoms with Crippen LogP contribution in [0.15, 0.2) is 48.7 Å². The molecule has 7 N–H and O–H groups in total. The zero-order valence-corrected chi connectivity index (χ0v) is 27.6. The highest BCUT2D eigenvalue weighted by molar-refractivity contribution is 6.01. The summed E-state index contributed by atoms with van der Waals surface area (Å²) in [5.41, 5.74) is 15.9. The fourth-order valence-corrected chi connectivity index (χ4v) is 5.24. The van der Waals surface area contributed by atoms with Gasteiger partial charge in [0.25, 0.3) is 5.91 Å². The molecule has 0 aliphatic rings. The smallest absolute Gasteiger partial charge is 0.326 e. The molecule has 5 rings (SSSR count). The number of Topliss-reactive ketones (excluding diaryl/α,β-unsaturated/α-hetero) is 1. The molecule has 0 saturated heterocycles. The van der Waals surface area contributed by atoms with Crippen molar-refractivity contribution >= 4 is 46.3 Å². The molecule has 16 nitrogen and oxygen atoms in total. The van der Waals surface area contributed by atoms with Crippen molar-refractivity contribution in [3.05, 3.63) is 71.0 Å². The van der Waals surface area contributed by atoms with E-state index in [4.69, 9.17) is 11.5 Å². The second kappa shape index (κ2) is 14.4. The molecule has 0 unspecified atom stereocenters. The van der Waals surface area contributed by atoms with Gasteiger partial charge in [0.05, 0.1) is 18.4 Å². The number of anilines is 3. The molecule has 0 spiro atoms. The topological polar surface area (TPSA) is 245 Å². The number of benzene rings is 2. The third-order valence-electron chi connectivity index (χ3n) is 7.99. The summed E-state index contributed by atoms with van der Waals surface area (Å²) in [5, 5.41) is 26.6. The van der Waals surface area contributed by atoms with Gasteiger partial charge in [0.2, 0.25) is 11.8 Å². The third-order valence-corrected chi connectivity index (χ3v) is 7.99. The number of nitrogens with one attached hydrogen (secondary N) is 2. The van der Waals surface area contributed by atoms with Crippen molar-refractivity contribution in [2.24, 2.45) is 0 Å². The van der Waals surface area contributed by atoms with Gasteiger partial charge in [-0.2, -0.15) is 15.2 Å². The highest BCUT2D eigenvalue weighted by Crippen LogP contribution is 2.30. The number of aromatic amines is 1. The number of nitrogens with two attached hydrogens (primary N) is 2. The Kier molecular flexibility index (Phi) is 10.1. The molecule has 0 aliphatic heterocycles. The number of carboxylic acids is 1. The zero-order chi connectivity index (χ0) is 35.3. The highest BCUT2D eigenvalue weighted by Gasteiger charge is 2.23. The van der Waals surface area contributed by atoms with Gasteiger partial charge in [-0.15, -0.1) is 10.2 Å². The normalized spacial score (nSPS) is 12.1. The summed E-state index contributed by atoms with van der Waals surface area (Å²) in [4.78, 5) is 56.8. The van der Waals surface area contributed by atoms with Crippen molar-refractivity contribution in [1.82, 2.24) is 45.9 Å².